The molecule has 0 radical (unpaired) electrons. The molecule has 2 fully saturated rings. The molecule has 1 atom stereocenters. The lowest BCUT2D eigenvalue weighted by Crippen LogP contribution is -2.40. The highest BCUT2D eigenvalue weighted by Gasteiger charge is 2.28. The highest BCUT2D eigenvalue weighted by molar-refractivity contribution is 7.09. The number of hydrogen-bond acceptors (Lipinski definition) is 4. The molecule has 3 nitrogen and oxygen atoms in total. The third kappa shape index (κ3) is 2.92. The van der Waals surface area contributed by atoms with Crippen molar-refractivity contribution >= 4 is 11.3 Å². The largest absolute Gasteiger partial charge is 0.314 e. The Morgan fingerprint density at radius 2 is 2.22 bits per heavy atom. The second kappa shape index (κ2) is 5.68. The maximum Gasteiger partial charge on any atom is 0.107 e. The summed E-state index contributed by atoms with van der Waals surface area (Å²) in [7, 11) is 0. The van der Waals surface area contributed by atoms with E-state index in [9.17, 15) is 0 Å². The van der Waals surface area contributed by atoms with Gasteiger partial charge in [0.2, 0.25) is 0 Å². The summed E-state index contributed by atoms with van der Waals surface area (Å²) < 4.78 is 0. The third-order valence-electron chi connectivity index (χ3n) is 4.33. The molecule has 1 N–H and O–H groups in total. The fraction of sp³-hybridized carbons (Fsp3) is 0.786. The lowest BCUT2D eigenvalue weighted by Gasteiger charge is -2.34. The Kier molecular flexibility index (Phi) is 3.97. The number of hydrogen-bond donors (Lipinski definition) is 1. The van der Waals surface area contributed by atoms with Crippen LogP contribution in [0, 0.1) is 12.8 Å². The summed E-state index contributed by atoms with van der Waals surface area (Å²) in [6.07, 6.45) is 5.50. The molecular weight excluding hydrogens is 242 g/mol. The van der Waals surface area contributed by atoms with Crippen molar-refractivity contribution in [3.8, 4) is 0 Å². The lowest BCUT2D eigenvalue weighted by atomic mass is 9.88. The molecule has 0 aromatic carbocycles. The van der Waals surface area contributed by atoms with Gasteiger partial charge in [0, 0.05) is 17.1 Å². The molecule has 0 bridgehead atoms. The van der Waals surface area contributed by atoms with E-state index in [-0.39, 0.29) is 0 Å². The molecule has 1 aromatic heterocycles. The number of nitrogens with one attached hydrogen (secondary N) is 1. The molecule has 18 heavy (non-hydrogen) atoms. The van der Waals surface area contributed by atoms with Crippen LogP contribution in [0.25, 0.3) is 0 Å². The molecule has 0 aliphatic carbocycles. The molecule has 1 aromatic rings. The van der Waals surface area contributed by atoms with Crippen LogP contribution >= 0.6 is 11.3 Å². The predicted molar refractivity (Wildman–Crippen MR) is 75.9 cm³/mol. The summed E-state index contributed by atoms with van der Waals surface area (Å²) in [6, 6.07) is 0.814. The van der Waals surface area contributed by atoms with Crippen molar-refractivity contribution in [2.45, 2.75) is 45.2 Å². The van der Waals surface area contributed by atoms with Gasteiger partial charge in [-0.05, 0) is 58.2 Å². The van der Waals surface area contributed by atoms with Gasteiger partial charge in [-0.25, -0.2) is 4.98 Å². The normalized spacial score (nSPS) is 26.8. The fourth-order valence-electron chi connectivity index (χ4n) is 3.29. The Morgan fingerprint density at radius 1 is 1.39 bits per heavy atom. The first-order valence-corrected chi connectivity index (χ1v) is 8.06. The number of aromatic nitrogens is 1. The van der Waals surface area contributed by atoms with Crippen LogP contribution in [0.4, 0.5) is 0 Å². The second-order valence-electron chi connectivity index (χ2n) is 5.70. The third-order valence-corrected chi connectivity index (χ3v) is 5.28. The van der Waals surface area contributed by atoms with E-state index in [0.29, 0.717) is 0 Å². The van der Waals surface area contributed by atoms with Gasteiger partial charge < -0.3 is 5.32 Å². The van der Waals surface area contributed by atoms with Crippen molar-refractivity contribution in [3.63, 3.8) is 0 Å². The smallest absolute Gasteiger partial charge is 0.107 e. The van der Waals surface area contributed by atoms with Crippen LogP contribution in [-0.4, -0.2) is 35.6 Å². The van der Waals surface area contributed by atoms with E-state index < -0.39 is 0 Å². The van der Waals surface area contributed by atoms with Gasteiger partial charge in [0.1, 0.15) is 5.01 Å². The standard InChI is InChI=1S/C14H23N3S/c1-11-10-18-14(16-11)9-17-7-4-12(5-8-17)13-3-2-6-15-13/h10,12-13,15H,2-9H2,1H3. The molecule has 1 unspecified atom stereocenters. The van der Waals surface area contributed by atoms with E-state index in [2.05, 4.69) is 27.5 Å². The van der Waals surface area contributed by atoms with Crippen LogP contribution in [0.2, 0.25) is 0 Å². The quantitative estimate of drug-likeness (QED) is 0.910. The van der Waals surface area contributed by atoms with E-state index >= 15 is 0 Å². The molecular formula is C14H23N3S. The Labute approximate surface area is 114 Å². The van der Waals surface area contributed by atoms with Gasteiger partial charge >= 0.3 is 0 Å². The number of likely N-dealkylation sites (tertiary alicyclic amines) is 1. The zero-order valence-electron chi connectivity index (χ0n) is 11.2. The molecule has 3 rings (SSSR count). The maximum atomic E-state index is 4.57. The topological polar surface area (TPSA) is 28.2 Å². The van der Waals surface area contributed by atoms with Gasteiger partial charge in [-0.2, -0.15) is 0 Å². The van der Waals surface area contributed by atoms with Crippen molar-refractivity contribution in [3.05, 3.63) is 16.1 Å². The van der Waals surface area contributed by atoms with E-state index in [4.69, 9.17) is 0 Å². The van der Waals surface area contributed by atoms with E-state index in [1.54, 1.807) is 11.3 Å². The minimum absolute atomic E-state index is 0.814. The van der Waals surface area contributed by atoms with Gasteiger partial charge in [-0.1, -0.05) is 0 Å². The minimum Gasteiger partial charge on any atom is -0.314 e. The number of aryl methyl sites for hydroxylation is 1. The lowest BCUT2D eigenvalue weighted by molar-refractivity contribution is 0.157. The molecule has 4 heteroatoms. The monoisotopic (exact) mass is 265 g/mol. The van der Waals surface area contributed by atoms with Crippen molar-refractivity contribution in [1.82, 2.24) is 15.2 Å². The van der Waals surface area contributed by atoms with Crippen LogP contribution in [0.1, 0.15) is 36.4 Å². The van der Waals surface area contributed by atoms with Gasteiger partial charge in [-0.15, -0.1) is 11.3 Å². The average molecular weight is 265 g/mol. The number of piperidine rings is 1. The van der Waals surface area contributed by atoms with Gasteiger partial charge in [0.05, 0.1) is 6.54 Å². The molecule has 0 saturated carbocycles. The predicted octanol–water partition coefficient (Wildman–Crippen LogP) is 2.42. The van der Waals surface area contributed by atoms with E-state index in [1.165, 1.54) is 56.0 Å². The van der Waals surface area contributed by atoms with Gasteiger partial charge in [0.25, 0.3) is 0 Å². The Bertz CT molecular complexity index is 376. The Morgan fingerprint density at radius 3 is 2.83 bits per heavy atom. The molecule has 3 heterocycles. The first kappa shape index (κ1) is 12.6. The van der Waals surface area contributed by atoms with Crippen LogP contribution in [0.5, 0.6) is 0 Å². The van der Waals surface area contributed by atoms with Gasteiger partial charge in [-0.3, -0.25) is 4.90 Å². The molecule has 0 amide bonds. The molecule has 2 aliphatic rings. The summed E-state index contributed by atoms with van der Waals surface area (Å²) >= 11 is 1.80. The summed E-state index contributed by atoms with van der Waals surface area (Å²) in [5, 5.41) is 7.10. The first-order chi connectivity index (χ1) is 8.81. The zero-order chi connectivity index (χ0) is 12.4. The second-order valence-corrected chi connectivity index (χ2v) is 6.64. The summed E-state index contributed by atoms with van der Waals surface area (Å²) in [4.78, 5) is 7.14. The maximum absolute atomic E-state index is 4.57. The van der Waals surface area contributed by atoms with Crippen molar-refractivity contribution < 1.29 is 0 Å². The molecule has 100 valence electrons. The van der Waals surface area contributed by atoms with Crippen LogP contribution in [0.3, 0.4) is 0 Å². The SMILES string of the molecule is Cc1csc(CN2CCC(C3CCCN3)CC2)n1. The van der Waals surface area contributed by atoms with Crippen molar-refractivity contribution in [2.75, 3.05) is 19.6 Å². The Balaban J connectivity index is 1.47. The zero-order valence-corrected chi connectivity index (χ0v) is 12.0. The van der Waals surface area contributed by atoms with E-state index in [0.717, 1.165) is 18.5 Å². The molecule has 2 aliphatic heterocycles. The highest BCUT2D eigenvalue weighted by Crippen LogP contribution is 2.26. The molecule has 2 saturated heterocycles. The van der Waals surface area contributed by atoms with Crippen molar-refractivity contribution in [1.29, 1.82) is 0 Å². The van der Waals surface area contributed by atoms with Crippen LogP contribution in [0.15, 0.2) is 5.38 Å². The number of nitrogens with zero attached hydrogens (tertiary/aromatic N) is 2. The fourth-order valence-corrected chi connectivity index (χ4v) is 4.11. The van der Waals surface area contributed by atoms with E-state index in [1.807, 2.05) is 0 Å². The molecule has 0 spiro atoms. The number of thiazole rings is 1. The summed E-state index contributed by atoms with van der Waals surface area (Å²) in [5.74, 6) is 0.918. The Hall–Kier alpha value is -0.450. The van der Waals surface area contributed by atoms with Crippen molar-refractivity contribution in [2.24, 2.45) is 5.92 Å². The summed E-state index contributed by atoms with van der Waals surface area (Å²) in [5.41, 5.74) is 1.17. The first-order valence-electron chi connectivity index (χ1n) is 7.18. The minimum atomic E-state index is 0.814. The highest BCUT2D eigenvalue weighted by atomic mass is 32.1. The van der Waals surface area contributed by atoms with Crippen LogP contribution in [-0.2, 0) is 6.54 Å². The number of rotatable bonds is 3. The average Bonchev–Trinajstić information content (AvgIpc) is 3.02. The van der Waals surface area contributed by atoms with Gasteiger partial charge in [0.15, 0.2) is 0 Å². The van der Waals surface area contributed by atoms with Crippen LogP contribution < -0.4 is 5.32 Å². The summed E-state index contributed by atoms with van der Waals surface area (Å²) in [6.45, 7) is 6.88.